The summed E-state index contributed by atoms with van der Waals surface area (Å²) < 4.78 is 0. The molecule has 4 nitrogen and oxygen atoms in total. The van der Waals surface area contributed by atoms with Gasteiger partial charge in [-0.2, -0.15) is 0 Å². The number of nitrogens with zero attached hydrogens (tertiary/aromatic N) is 2. The van der Waals surface area contributed by atoms with Crippen molar-refractivity contribution in [1.82, 2.24) is 9.80 Å². The van der Waals surface area contributed by atoms with E-state index in [1.54, 1.807) is 0 Å². The third-order valence-corrected chi connectivity index (χ3v) is 3.39. The number of amides is 1. The van der Waals surface area contributed by atoms with Gasteiger partial charge in [0.2, 0.25) is 5.91 Å². The number of hydrogen-bond acceptors (Lipinski definition) is 3. The van der Waals surface area contributed by atoms with Crippen LogP contribution >= 0.6 is 0 Å². The van der Waals surface area contributed by atoms with Gasteiger partial charge in [-0.15, -0.1) is 0 Å². The number of rotatable bonds is 3. The Morgan fingerprint density at radius 1 is 1.47 bits per heavy atom. The first-order valence-electron chi connectivity index (χ1n) is 5.90. The van der Waals surface area contributed by atoms with Crippen molar-refractivity contribution in [2.75, 3.05) is 26.7 Å². The van der Waals surface area contributed by atoms with Crippen molar-refractivity contribution >= 4 is 5.91 Å². The molecular formula is C11H21N3O. The second-order valence-electron chi connectivity index (χ2n) is 4.87. The van der Waals surface area contributed by atoms with Crippen LogP contribution in [0.3, 0.4) is 0 Å². The number of hydrogen-bond donors (Lipinski definition) is 1. The number of likely N-dealkylation sites (tertiary alicyclic amines) is 1. The van der Waals surface area contributed by atoms with Gasteiger partial charge in [-0.05, 0) is 32.2 Å². The van der Waals surface area contributed by atoms with Crippen molar-refractivity contribution in [3.63, 3.8) is 0 Å². The summed E-state index contributed by atoms with van der Waals surface area (Å²) >= 11 is 0. The fourth-order valence-corrected chi connectivity index (χ4v) is 2.20. The smallest absolute Gasteiger partial charge is 0.236 e. The van der Waals surface area contributed by atoms with Crippen molar-refractivity contribution < 1.29 is 4.79 Å². The summed E-state index contributed by atoms with van der Waals surface area (Å²) in [6.45, 7) is 2.46. The molecule has 1 aliphatic carbocycles. The average molecular weight is 211 g/mol. The molecule has 1 saturated heterocycles. The first-order valence-corrected chi connectivity index (χ1v) is 5.90. The highest BCUT2D eigenvalue weighted by atomic mass is 16.2. The van der Waals surface area contributed by atoms with Gasteiger partial charge in [0.05, 0.1) is 6.54 Å². The zero-order valence-corrected chi connectivity index (χ0v) is 9.48. The molecule has 2 aliphatic rings. The molecule has 0 aromatic heterocycles. The standard InChI is InChI=1S/C11H21N3O/c1-13(10-4-5-10)11(15)8-14-6-2-3-9(12)7-14/h9-10H,2-8,12H2,1H3/t9-/m1/s1. The minimum atomic E-state index is 0.256. The summed E-state index contributed by atoms with van der Waals surface area (Å²) in [6, 6.07) is 0.786. The van der Waals surface area contributed by atoms with Crippen molar-refractivity contribution in [3.05, 3.63) is 0 Å². The van der Waals surface area contributed by atoms with Gasteiger partial charge in [0.25, 0.3) is 0 Å². The van der Waals surface area contributed by atoms with Gasteiger partial charge in [-0.1, -0.05) is 0 Å². The molecule has 1 saturated carbocycles. The maximum Gasteiger partial charge on any atom is 0.236 e. The number of piperidine rings is 1. The first-order chi connectivity index (χ1) is 7.16. The molecule has 2 rings (SSSR count). The van der Waals surface area contributed by atoms with Crippen molar-refractivity contribution in [3.8, 4) is 0 Å². The molecule has 1 amide bonds. The average Bonchev–Trinajstić information content (AvgIpc) is 2.99. The lowest BCUT2D eigenvalue weighted by Gasteiger charge is -2.31. The molecule has 0 aromatic rings. The van der Waals surface area contributed by atoms with Gasteiger partial charge in [0.15, 0.2) is 0 Å². The largest absolute Gasteiger partial charge is 0.342 e. The van der Waals surface area contributed by atoms with E-state index in [-0.39, 0.29) is 11.9 Å². The fraction of sp³-hybridized carbons (Fsp3) is 0.909. The van der Waals surface area contributed by atoms with E-state index >= 15 is 0 Å². The molecule has 0 unspecified atom stereocenters. The van der Waals surface area contributed by atoms with E-state index in [9.17, 15) is 4.79 Å². The minimum Gasteiger partial charge on any atom is -0.342 e. The Balaban J connectivity index is 1.77. The Labute approximate surface area is 91.4 Å². The van der Waals surface area contributed by atoms with Crippen LogP contribution in [0.5, 0.6) is 0 Å². The highest BCUT2D eigenvalue weighted by molar-refractivity contribution is 5.78. The summed E-state index contributed by atoms with van der Waals surface area (Å²) in [5.41, 5.74) is 5.88. The lowest BCUT2D eigenvalue weighted by atomic mass is 10.1. The van der Waals surface area contributed by atoms with Crippen LogP contribution in [0, 0.1) is 0 Å². The van der Waals surface area contributed by atoms with Gasteiger partial charge < -0.3 is 10.6 Å². The van der Waals surface area contributed by atoms with Crippen LogP contribution in [0.25, 0.3) is 0 Å². The lowest BCUT2D eigenvalue weighted by molar-refractivity contribution is -0.131. The summed E-state index contributed by atoms with van der Waals surface area (Å²) in [7, 11) is 1.92. The van der Waals surface area contributed by atoms with Crippen LogP contribution < -0.4 is 5.73 Å². The second kappa shape index (κ2) is 4.49. The third-order valence-electron chi connectivity index (χ3n) is 3.39. The fourth-order valence-electron chi connectivity index (χ4n) is 2.20. The molecule has 2 N–H and O–H groups in total. The summed E-state index contributed by atoms with van der Waals surface area (Å²) in [6.07, 6.45) is 4.59. The van der Waals surface area contributed by atoms with Crippen LogP contribution in [-0.4, -0.2) is 54.5 Å². The zero-order chi connectivity index (χ0) is 10.8. The summed E-state index contributed by atoms with van der Waals surface area (Å²) in [4.78, 5) is 15.9. The highest BCUT2D eigenvalue weighted by Gasteiger charge is 2.30. The predicted octanol–water partition coefficient (Wildman–Crippen LogP) is 0.0303. The van der Waals surface area contributed by atoms with E-state index in [1.165, 1.54) is 12.8 Å². The van der Waals surface area contributed by atoms with Gasteiger partial charge in [0.1, 0.15) is 0 Å². The van der Waals surface area contributed by atoms with Gasteiger partial charge in [-0.25, -0.2) is 0 Å². The van der Waals surface area contributed by atoms with E-state index in [0.29, 0.717) is 12.6 Å². The Morgan fingerprint density at radius 2 is 2.20 bits per heavy atom. The Bertz CT molecular complexity index is 240. The monoisotopic (exact) mass is 211 g/mol. The summed E-state index contributed by atoms with van der Waals surface area (Å²) in [5, 5.41) is 0. The van der Waals surface area contributed by atoms with Crippen LogP contribution in [0.2, 0.25) is 0 Å². The third kappa shape index (κ3) is 2.92. The molecule has 0 radical (unpaired) electrons. The number of carbonyl (C=O) groups excluding carboxylic acids is 1. The Morgan fingerprint density at radius 3 is 2.80 bits per heavy atom. The van der Waals surface area contributed by atoms with Crippen LogP contribution in [0.15, 0.2) is 0 Å². The van der Waals surface area contributed by atoms with E-state index in [4.69, 9.17) is 5.73 Å². The first kappa shape index (κ1) is 10.9. The minimum absolute atomic E-state index is 0.256. The molecule has 0 bridgehead atoms. The molecule has 4 heteroatoms. The molecule has 1 aliphatic heterocycles. The molecule has 1 atom stereocenters. The topological polar surface area (TPSA) is 49.6 Å². The molecule has 86 valence electrons. The van der Waals surface area contributed by atoms with E-state index in [2.05, 4.69) is 4.90 Å². The predicted molar refractivity (Wildman–Crippen MR) is 59.4 cm³/mol. The Hall–Kier alpha value is -0.610. The molecule has 2 fully saturated rings. The van der Waals surface area contributed by atoms with Crippen LogP contribution in [0.4, 0.5) is 0 Å². The number of carbonyl (C=O) groups is 1. The SMILES string of the molecule is CN(C(=O)CN1CCC[C@@H](N)C1)C1CC1. The van der Waals surface area contributed by atoms with Gasteiger partial charge in [-0.3, -0.25) is 9.69 Å². The van der Waals surface area contributed by atoms with Crippen molar-refractivity contribution in [2.45, 2.75) is 37.8 Å². The highest BCUT2D eigenvalue weighted by Crippen LogP contribution is 2.25. The van der Waals surface area contributed by atoms with Crippen LogP contribution in [0.1, 0.15) is 25.7 Å². The number of likely N-dealkylation sites (N-methyl/N-ethyl adjacent to an activating group) is 1. The zero-order valence-electron chi connectivity index (χ0n) is 9.48. The number of nitrogens with two attached hydrogens (primary N) is 1. The van der Waals surface area contributed by atoms with E-state index in [1.807, 2.05) is 11.9 Å². The molecule has 15 heavy (non-hydrogen) atoms. The van der Waals surface area contributed by atoms with E-state index in [0.717, 1.165) is 25.9 Å². The quantitative estimate of drug-likeness (QED) is 0.716. The van der Waals surface area contributed by atoms with Crippen molar-refractivity contribution in [1.29, 1.82) is 0 Å². The molecule has 1 heterocycles. The van der Waals surface area contributed by atoms with Gasteiger partial charge in [0, 0.05) is 25.7 Å². The second-order valence-corrected chi connectivity index (χ2v) is 4.87. The summed E-state index contributed by atoms with van der Waals surface area (Å²) in [5.74, 6) is 0.256. The van der Waals surface area contributed by atoms with Crippen molar-refractivity contribution in [2.24, 2.45) is 5.73 Å². The molecule has 0 aromatic carbocycles. The maximum absolute atomic E-state index is 11.8. The van der Waals surface area contributed by atoms with Gasteiger partial charge >= 0.3 is 0 Å². The Kier molecular flexibility index (Phi) is 3.26. The molecular weight excluding hydrogens is 190 g/mol. The lowest BCUT2D eigenvalue weighted by Crippen LogP contribution is -2.47. The van der Waals surface area contributed by atoms with Crippen LogP contribution in [-0.2, 0) is 4.79 Å². The maximum atomic E-state index is 11.8. The normalized spacial score (nSPS) is 27.7. The molecule has 0 spiro atoms. The van der Waals surface area contributed by atoms with E-state index < -0.39 is 0 Å².